The van der Waals surface area contributed by atoms with Gasteiger partial charge < -0.3 is 5.11 Å². The molecule has 0 unspecified atom stereocenters. The second-order valence-electron chi connectivity index (χ2n) is 7.60. The van der Waals surface area contributed by atoms with Crippen LogP contribution in [0.15, 0.2) is 24.4 Å². The van der Waals surface area contributed by atoms with Gasteiger partial charge in [-0.1, -0.05) is 13.0 Å². The van der Waals surface area contributed by atoms with Gasteiger partial charge in [-0.25, -0.2) is 8.78 Å². The highest BCUT2D eigenvalue weighted by Crippen LogP contribution is 2.20. The second-order valence-corrected chi connectivity index (χ2v) is 7.60. The van der Waals surface area contributed by atoms with Crippen LogP contribution in [-0.4, -0.2) is 57.0 Å². The molecule has 0 saturated carbocycles. The molecule has 1 N–H and O–H groups in total. The lowest BCUT2D eigenvalue weighted by Crippen LogP contribution is -2.52. The molecule has 1 aliphatic heterocycles. The molecule has 3 rings (SSSR count). The van der Waals surface area contributed by atoms with Crippen LogP contribution in [0, 0.1) is 18.6 Å². The van der Waals surface area contributed by atoms with Crippen LogP contribution < -0.4 is 0 Å². The zero-order chi connectivity index (χ0) is 20.1. The summed E-state index contributed by atoms with van der Waals surface area (Å²) in [5.74, 6) is -1.63. The van der Waals surface area contributed by atoms with E-state index in [1.54, 1.807) is 6.07 Å². The number of halogens is 2. The first-order valence-electron chi connectivity index (χ1n) is 10.0. The SMILES string of the molecule is CCCn1ncc(CN2CCN(Cc3ccc(F)c(F)c3)[C@H](CCO)C2)c1C. The molecule has 7 heteroatoms. The van der Waals surface area contributed by atoms with Crippen molar-refractivity contribution in [3.63, 3.8) is 0 Å². The van der Waals surface area contributed by atoms with E-state index in [1.165, 1.54) is 23.4 Å². The molecule has 5 nitrogen and oxygen atoms in total. The fraction of sp³-hybridized carbons (Fsp3) is 0.571. The highest BCUT2D eigenvalue weighted by molar-refractivity contribution is 5.18. The van der Waals surface area contributed by atoms with Crippen LogP contribution >= 0.6 is 0 Å². The molecule has 1 atom stereocenters. The van der Waals surface area contributed by atoms with Gasteiger partial charge in [-0.15, -0.1) is 0 Å². The van der Waals surface area contributed by atoms with Crippen molar-refractivity contribution in [3.8, 4) is 0 Å². The van der Waals surface area contributed by atoms with E-state index in [0.29, 0.717) is 13.0 Å². The number of hydrogen-bond donors (Lipinski definition) is 1. The number of piperazine rings is 1. The van der Waals surface area contributed by atoms with Crippen molar-refractivity contribution in [2.24, 2.45) is 0 Å². The monoisotopic (exact) mass is 392 g/mol. The fourth-order valence-electron chi connectivity index (χ4n) is 3.92. The zero-order valence-electron chi connectivity index (χ0n) is 16.7. The maximum Gasteiger partial charge on any atom is 0.159 e. The van der Waals surface area contributed by atoms with Gasteiger partial charge in [0.1, 0.15) is 0 Å². The highest BCUT2D eigenvalue weighted by Gasteiger charge is 2.27. The van der Waals surface area contributed by atoms with Crippen LogP contribution in [0.5, 0.6) is 0 Å². The van der Waals surface area contributed by atoms with Gasteiger partial charge in [0.05, 0.1) is 6.20 Å². The molecular formula is C21H30F2N4O. The summed E-state index contributed by atoms with van der Waals surface area (Å²) in [5.41, 5.74) is 3.21. The number of rotatable bonds is 8. The number of aromatic nitrogens is 2. The van der Waals surface area contributed by atoms with Crippen molar-refractivity contribution in [3.05, 3.63) is 52.9 Å². The summed E-state index contributed by atoms with van der Waals surface area (Å²) in [5, 5.41) is 14.0. The average molecular weight is 392 g/mol. The van der Waals surface area contributed by atoms with Gasteiger partial charge in [-0.3, -0.25) is 14.5 Å². The molecule has 2 heterocycles. The smallest absolute Gasteiger partial charge is 0.159 e. The summed E-state index contributed by atoms with van der Waals surface area (Å²) in [7, 11) is 0. The van der Waals surface area contributed by atoms with E-state index in [4.69, 9.17) is 0 Å². The number of hydrogen-bond acceptors (Lipinski definition) is 4. The molecule has 154 valence electrons. The molecule has 0 radical (unpaired) electrons. The molecule has 28 heavy (non-hydrogen) atoms. The molecule has 0 bridgehead atoms. The molecule has 2 aromatic rings. The Labute approximate surface area is 165 Å². The standard InChI is InChI=1S/C21H30F2N4O/c1-3-7-27-16(2)18(12-24-27)14-25-8-9-26(19(15-25)6-10-28)13-17-4-5-20(22)21(23)11-17/h4-5,11-12,19,28H,3,6-10,13-15H2,1-2H3/t19-/m1/s1. The molecule has 1 aromatic heterocycles. The van der Waals surface area contributed by atoms with Crippen molar-refractivity contribution in [2.45, 2.75) is 52.4 Å². The van der Waals surface area contributed by atoms with Gasteiger partial charge in [0, 0.05) is 63.2 Å². The summed E-state index contributed by atoms with van der Waals surface area (Å²) in [6.07, 6.45) is 3.68. The first kappa shape index (κ1) is 20.9. The van der Waals surface area contributed by atoms with Gasteiger partial charge >= 0.3 is 0 Å². The van der Waals surface area contributed by atoms with E-state index in [2.05, 4.69) is 33.4 Å². The van der Waals surface area contributed by atoms with Crippen molar-refractivity contribution in [1.29, 1.82) is 0 Å². The van der Waals surface area contributed by atoms with Crippen LogP contribution in [0.3, 0.4) is 0 Å². The quantitative estimate of drug-likeness (QED) is 0.750. The van der Waals surface area contributed by atoms with E-state index in [-0.39, 0.29) is 12.6 Å². The Kier molecular flexibility index (Phi) is 7.15. The lowest BCUT2D eigenvalue weighted by molar-refractivity contribution is 0.0498. The summed E-state index contributed by atoms with van der Waals surface area (Å²) < 4.78 is 28.8. The van der Waals surface area contributed by atoms with Gasteiger partial charge in [-0.05, 0) is 37.5 Å². The molecule has 1 saturated heterocycles. The van der Waals surface area contributed by atoms with E-state index in [9.17, 15) is 13.9 Å². The van der Waals surface area contributed by atoms with Crippen LogP contribution in [-0.2, 0) is 19.6 Å². The molecule has 0 amide bonds. The predicted octanol–water partition coefficient (Wildman–Crippen LogP) is 2.95. The number of aliphatic hydroxyl groups is 1. The maximum atomic E-state index is 13.5. The average Bonchev–Trinajstić information content (AvgIpc) is 3.01. The van der Waals surface area contributed by atoms with Gasteiger partial charge in [0.15, 0.2) is 11.6 Å². The summed E-state index contributed by atoms with van der Waals surface area (Å²) in [4.78, 5) is 4.65. The molecule has 1 aliphatic rings. The summed E-state index contributed by atoms with van der Waals surface area (Å²) in [6.45, 7) is 9.26. The minimum Gasteiger partial charge on any atom is -0.396 e. The third-order valence-electron chi connectivity index (χ3n) is 5.55. The predicted molar refractivity (Wildman–Crippen MR) is 105 cm³/mol. The first-order chi connectivity index (χ1) is 13.5. The van der Waals surface area contributed by atoms with E-state index in [0.717, 1.165) is 44.7 Å². The largest absolute Gasteiger partial charge is 0.396 e. The molecule has 0 spiro atoms. The van der Waals surface area contributed by atoms with Crippen molar-refractivity contribution >= 4 is 0 Å². The van der Waals surface area contributed by atoms with Crippen LogP contribution in [0.2, 0.25) is 0 Å². The fourth-order valence-corrected chi connectivity index (χ4v) is 3.92. The Morgan fingerprint density at radius 2 is 2.00 bits per heavy atom. The Bertz CT molecular complexity index is 780. The van der Waals surface area contributed by atoms with Crippen molar-refractivity contribution in [2.75, 3.05) is 26.2 Å². The van der Waals surface area contributed by atoms with Crippen molar-refractivity contribution in [1.82, 2.24) is 19.6 Å². The van der Waals surface area contributed by atoms with Crippen LogP contribution in [0.4, 0.5) is 8.78 Å². The highest BCUT2D eigenvalue weighted by atomic mass is 19.2. The Hall–Kier alpha value is -1.83. The first-order valence-corrected chi connectivity index (χ1v) is 10.0. The van der Waals surface area contributed by atoms with Crippen molar-refractivity contribution < 1.29 is 13.9 Å². The maximum absolute atomic E-state index is 13.5. The van der Waals surface area contributed by atoms with Crippen LogP contribution in [0.1, 0.15) is 36.6 Å². The topological polar surface area (TPSA) is 44.5 Å². The lowest BCUT2D eigenvalue weighted by atomic mass is 10.1. The van der Waals surface area contributed by atoms with E-state index >= 15 is 0 Å². The second kappa shape index (κ2) is 9.58. The van der Waals surface area contributed by atoms with Gasteiger partial charge in [0.2, 0.25) is 0 Å². The Morgan fingerprint density at radius 3 is 2.71 bits per heavy atom. The number of aryl methyl sites for hydroxylation is 1. The number of nitrogens with zero attached hydrogens (tertiary/aromatic N) is 4. The number of aliphatic hydroxyl groups excluding tert-OH is 1. The normalized spacial score (nSPS) is 18.7. The van der Waals surface area contributed by atoms with Crippen LogP contribution in [0.25, 0.3) is 0 Å². The van der Waals surface area contributed by atoms with Gasteiger partial charge in [0.25, 0.3) is 0 Å². The lowest BCUT2D eigenvalue weighted by Gasteiger charge is -2.41. The van der Waals surface area contributed by atoms with E-state index < -0.39 is 11.6 Å². The summed E-state index contributed by atoms with van der Waals surface area (Å²) >= 11 is 0. The third kappa shape index (κ3) is 4.96. The van der Waals surface area contributed by atoms with Gasteiger partial charge in [-0.2, -0.15) is 5.10 Å². The Balaban J connectivity index is 1.64. The molecule has 1 fully saturated rings. The minimum absolute atomic E-state index is 0.111. The zero-order valence-corrected chi connectivity index (χ0v) is 16.7. The minimum atomic E-state index is -0.820. The van der Waals surface area contributed by atoms with E-state index in [1.807, 2.05) is 6.20 Å². The third-order valence-corrected chi connectivity index (χ3v) is 5.55. The molecule has 0 aliphatic carbocycles. The molecule has 1 aromatic carbocycles. The Morgan fingerprint density at radius 1 is 1.18 bits per heavy atom. The molecular weight excluding hydrogens is 362 g/mol. The summed E-state index contributed by atoms with van der Waals surface area (Å²) in [6, 6.07) is 4.26. The number of benzene rings is 1.